The zero-order valence-corrected chi connectivity index (χ0v) is 18.1. The number of carbonyl (C=O) groups excluding carboxylic acids is 1. The van der Waals surface area contributed by atoms with Gasteiger partial charge in [0.1, 0.15) is 0 Å². The van der Waals surface area contributed by atoms with Crippen LogP contribution < -0.4 is 5.73 Å². The van der Waals surface area contributed by atoms with Crippen LogP contribution in [0.15, 0.2) is 22.7 Å². The molecule has 1 aromatic carbocycles. The third-order valence-electron chi connectivity index (χ3n) is 6.22. The highest BCUT2D eigenvalue weighted by Gasteiger charge is 2.26. The van der Waals surface area contributed by atoms with E-state index in [2.05, 4.69) is 16.1 Å². The van der Waals surface area contributed by atoms with Crippen molar-refractivity contribution in [1.29, 1.82) is 5.26 Å². The maximum absolute atomic E-state index is 12.3. The number of fused-ring (bicyclic) bond motifs is 1. The molecule has 4 rings (SSSR count). The molecule has 2 N–H and O–H groups in total. The quantitative estimate of drug-likeness (QED) is 0.678. The number of carbonyl (C=O) groups is 1. The van der Waals surface area contributed by atoms with Gasteiger partial charge in [0.2, 0.25) is 5.91 Å². The zero-order valence-electron chi connectivity index (χ0n) is 17.3. The molecule has 30 heavy (non-hydrogen) atoms. The van der Waals surface area contributed by atoms with E-state index in [-0.39, 0.29) is 11.9 Å². The number of hydrogen-bond donors (Lipinski definition) is 1. The maximum atomic E-state index is 12.3. The van der Waals surface area contributed by atoms with E-state index in [0.717, 1.165) is 86.6 Å². The summed E-state index contributed by atoms with van der Waals surface area (Å²) in [4.78, 5) is 16.6. The highest BCUT2D eigenvalue weighted by atomic mass is 32.2. The van der Waals surface area contributed by atoms with Crippen molar-refractivity contribution in [3.05, 3.63) is 29.5 Å². The minimum atomic E-state index is -0.354. The van der Waals surface area contributed by atoms with Crippen LogP contribution in [0, 0.1) is 11.3 Å². The van der Waals surface area contributed by atoms with Crippen molar-refractivity contribution in [3.8, 4) is 6.07 Å². The topological polar surface area (TPSA) is 99.4 Å². The van der Waals surface area contributed by atoms with Gasteiger partial charge in [-0.3, -0.25) is 4.79 Å². The van der Waals surface area contributed by atoms with Crippen LogP contribution in [0.4, 0.5) is 0 Å². The van der Waals surface area contributed by atoms with Gasteiger partial charge in [-0.05, 0) is 63.5 Å². The van der Waals surface area contributed by atoms with Crippen LogP contribution in [0.5, 0.6) is 0 Å². The molecule has 8 heteroatoms. The van der Waals surface area contributed by atoms with Crippen LogP contribution in [-0.2, 0) is 4.79 Å². The fourth-order valence-electron chi connectivity index (χ4n) is 4.40. The predicted octanol–water partition coefficient (Wildman–Crippen LogP) is 2.91. The van der Waals surface area contributed by atoms with Gasteiger partial charge in [-0.1, -0.05) is 11.6 Å². The summed E-state index contributed by atoms with van der Waals surface area (Å²) < 4.78 is 5.47. The lowest BCUT2D eigenvalue weighted by atomic mass is 9.91. The summed E-state index contributed by atoms with van der Waals surface area (Å²) in [7, 11) is 0. The molecule has 160 valence electrons. The number of benzene rings is 1. The Labute approximate surface area is 181 Å². The standard InChI is InChI=1S/C22H29N5O2S/c23-14-16-4-5-20-18(13-16)21(25-29-20)17-6-9-26(10-7-17)8-2-1-3-19(24)22(28)27-11-12-30-15-27/h4-5,13,17,19H,1-3,6-12,15,24H2/t19-/m0/s1. The molecule has 0 radical (unpaired) electrons. The maximum Gasteiger partial charge on any atom is 0.240 e. The van der Waals surface area contributed by atoms with E-state index in [0.29, 0.717) is 11.5 Å². The van der Waals surface area contributed by atoms with Crippen molar-refractivity contribution < 1.29 is 9.32 Å². The van der Waals surface area contributed by atoms with E-state index in [1.165, 1.54) is 0 Å². The number of piperidine rings is 1. The summed E-state index contributed by atoms with van der Waals surface area (Å²) in [6.07, 6.45) is 4.91. The van der Waals surface area contributed by atoms with Crippen molar-refractivity contribution >= 4 is 28.6 Å². The molecule has 0 bridgehead atoms. The van der Waals surface area contributed by atoms with E-state index in [9.17, 15) is 4.79 Å². The third-order valence-corrected chi connectivity index (χ3v) is 7.19. The molecule has 0 aliphatic carbocycles. The van der Waals surface area contributed by atoms with Gasteiger partial charge in [-0.15, -0.1) is 11.8 Å². The number of likely N-dealkylation sites (tertiary alicyclic amines) is 1. The second-order valence-corrected chi connectivity index (χ2v) is 9.32. The summed E-state index contributed by atoms with van der Waals surface area (Å²) in [5.74, 6) is 2.30. The summed E-state index contributed by atoms with van der Waals surface area (Å²) in [6, 6.07) is 7.33. The average molecular weight is 428 g/mol. The van der Waals surface area contributed by atoms with Gasteiger partial charge in [0.05, 0.1) is 29.2 Å². The normalized spacial score (nSPS) is 19.3. The molecule has 0 spiro atoms. The van der Waals surface area contributed by atoms with Crippen LogP contribution in [0.2, 0.25) is 0 Å². The van der Waals surface area contributed by atoms with Crippen LogP contribution in [0.1, 0.15) is 49.3 Å². The molecule has 2 fully saturated rings. The lowest BCUT2D eigenvalue weighted by Gasteiger charge is -2.31. The molecule has 2 aromatic rings. The number of nitriles is 1. The van der Waals surface area contributed by atoms with E-state index in [1.807, 2.05) is 17.0 Å². The van der Waals surface area contributed by atoms with Gasteiger partial charge >= 0.3 is 0 Å². The average Bonchev–Trinajstić information content (AvgIpc) is 3.46. The highest BCUT2D eigenvalue weighted by molar-refractivity contribution is 7.99. The molecule has 1 amide bonds. The van der Waals surface area contributed by atoms with Gasteiger partial charge in [0.15, 0.2) is 5.58 Å². The molecule has 0 unspecified atom stereocenters. The Morgan fingerprint density at radius 2 is 2.17 bits per heavy atom. The van der Waals surface area contributed by atoms with E-state index < -0.39 is 0 Å². The lowest BCUT2D eigenvalue weighted by molar-refractivity contribution is -0.131. The van der Waals surface area contributed by atoms with Gasteiger partial charge in [0.25, 0.3) is 0 Å². The van der Waals surface area contributed by atoms with Crippen molar-refractivity contribution in [2.75, 3.05) is 37.8 Å². The molecule has 2 aliphatic heterocycles. The Bertz CT molecular complexity index is 910. The summed E-state index contributed by atoms with van der Waals surface area (Å²) in [5, 5.41) is 14.4. The lowest BCUT2D eigenvalue weighted by Crippen LogP contribution is -2.42. The minimum absolute atomic E-state index is 0.111. The number of nitrogens with two attached hydrogens (primary N) is 1. The van der Waals surface area contributed by atoms with Crippen molar-refractivity contribution in [2.24, 2.45) is 5.73 Å². The van der Waals surface area contributed by atoms with Crippen molar-refractivity contribution in [3.63, 3.8) is 0 Å². The summed E-state index contributed by atoms with van der Waals surface area (Å²) >= 11 is 1.79. The fourth-order valence-corrected chi connectivity index (χ4v) is 5.35. The molecule has 1 atom stereocenters. The first-order valence-electron chi connectivity index (χ1n) is 10.8. The zero-order chi connectivity index (χ0) is 20.9. The molecular formula is C22H29N5O2S. The first-order chi connectivity index (χ1) is 14.7. The van der Waals surface area contributed by atoms with Crippen LogP contribution in [0.25, 0.3) is 11.0 Å². The number of aromatic nitrogens is 1. The Balaban J connectivity index is 1.20. The number of nitrogens with zero attached hydrogens (tertiary/aromatic N) is 4. The SMILES string of the molecule is N#Cc1ccc2onc(C3CCN(CCCC[C@H](N)C(=O)N4CCSC4)CC3)c2c1. The monoisotopic (exact) mass is 427 g/mol. The molecule has 3 heterocycles. The molecule has 1 aromatic heterocycles. The van der Waals surface area contributed by atoms with Gasteiger partial charge < -0.3 is 20.1 Å². The second-order valence-electron chi connectivity index (χ2n) is 8.25. The second kappa shape index (κ2) is 9.82. The van der Waals surface area contributed by atoms with Crippen LogP contribution in [0.3, 0.4) is 0 Å². The van der Waals surface area contributed by atoms with E-state index in [1.54, 1.807) is 17.8 Å². The first-order valence-corrected chi connectivity index (χ1v) is 11.9. The third kappa shape index (κ3) is 4.80. The molecule has 7 nitrogen and oxygen atoms in total. The summed E-state index contributed by atoms with van der Waals surface area (Å²) in [6.45, 7) is 3.95. The van der Waals surface area contributed by atoms with E-state index in [4.69, 9.17) is 15.5 Å². The Hall–Kier alpha value is -2.08. The van der Waals surface area contributed by atoms with Crippen LogP contribution in [-0.4, -0.2) is 64.7 Å². The number of hydrogen-bond acceptors (Lipinski definition) is 7. The number of unbranched alkanes of at least 4 members (excludes halogenated alkanes) is 1. The number of rotatable bonds is 7. The Morgan fingerprint density at radius 1 is 1.33 bits per heavy atom. The van der Waals surface area contributed by atoms with Crippen molar-refractivity contribution in [2.45, 2.75) is 44.1 Å². The smallest absolute Gasteiger partial charge is 0.240 e. The van der Waals surface area contributed by atoms with Crippen molar-refractivity contribution in [1.82, 2.24) is 15.0 Å². The van der Waals surface area contributed by atoms with Gasteiger partial charge in [-0.2, -0.15) is 5.26 Å². The minimum Gasteiger partial charge on any atom is -0.356 e. The largest absolute Gasteiger partial charge is 0.356 e. The molecule has 2 aliphatic rings. The van der Waals surface area contributed by atoms with Gasteiger partial charge in [0, 0.05) is 23.6 Å². The summed E-state index contributed by atoms with van der Waals surface area (Å²) in [5.41, 5.74) is 8.49. The Kier molecular flexibility index (Phi) is 6.93. The number of thioether (sulfide) groups is 1. The molecule has 0 saturated carbocycles. The van der Waals surface area contributed by atoms with E-state index >= 15 is 0 Å². The Morgan fingerprint density at radius 3 is 2.90 bits per heavy atom. The predicted molar refractivity (Wildman–Crippen MR) is 118 cm³/mol. The fraction of sp³-hybridized carbons (Fsp3) is 0.591. The molecular weight excluding hydrogens is 398 g/mol. The number of amides is 1. The highest BCUT2D eigenvalue weighted by Crippen LogP contribution is 2.33. The molecule has 2 saturated heterocycles. The first kappa shape index (κ1) is 21.2. The van der Waals surface area contributed by atoms with Crippen LogP contribution >= 0.6 is 11.8 Å². The van der Waals surface area contributed by atoms with Gasteiger partial charge in [-0.25, -0.2) is 0 Å².